The third-order valence-electron chi connectivity index (χ3n) is 6.78. The molecule has 0 aromatic heterocycles. The van der Waals surface area contributed by atoms with Gasteiger partial charge in [0.05, 0.1) is 18.8 Å². The summed E-state index contributed by atoms with van der Waals surface area (Å²) in [5.74, 6) is 1.09. The van der Waals surface area contributed by atoms with Crippen molar-refractivity contribution in [2.75, 3.05) is 26.2 Å². The predicted octanol–water partition coefficient (Wildman–Crippen LogP) is 1.97. The highest BCUT2D eigenvalue weighted by atomic mass is 16.5. The van der Waals surface area contributed by atoms with Gasteiger partial charge in [-0.15, -0.1) is 0 Å². The van der Waals surface area contributed by atoms with E-state index >= 15 is 0 Å². The Balaban J connectivity index is 1.31. The van der Waals surface area contributed by atoms with Crippen molar-refractivity contribution in [1.82, 2.24) is 20.4 Å². The van der Waals surface area contributed by atoms with Crippen molar-refractivity contribution in [2.24, 2.45) is 11.7 Å². The third kappa shape index (κ3) is 4.72. The summed E-state index contributed by atoms with van der Waals surface area (Å²) in [6.45, 7) is 5.09. The molecule has 3 fully saturated rings. The van der Waals surface area contributed by atoms with Gasteiger partial charge in [0, 0.05) is 13.1 Å². The zero-order chi connectivity index (χ0) is 21.2. The van der Waals surface area contributed by atoms with Crippen molar-refractivity contribution < 1.29 is 9.53 Å². The lowest BCUT2D eigenvalue weighted by molar-refractivity contribution is -0.122. The van der Waals surface area contributed by atoms with Gasteiger partial charge in [-0.25, -0.2) is 0 Å². The first kappa shape index (κ1) is 20.4. The van der Waals surface area contributed by atoms with E-state index in [0.29, 0.717) is 30.5 Å². The van der Waals surface area contributed by atoms with Gasteiger partial charge in [0.25, 0.3) is 0 Å². The van der Waals surface area contributed by atoms with E-state index in [0.717, 1.165) is 18.8 Å². The summed E-state index contributed by atoms with van der Waals surface area (Å²) >= 11 is 0. The van der Waals surface area contributed by atoms with Gasteiger partial charge in [-0.3, -0.25) is 9.69 Å². The number of nitrogens with one attached hydrogen (secondary N) is 2. The largest absolute Gasteiger partial charge is 0.384 e. The van der Waals surface area contributed by atoms with Crippen molar-refractivity contribution in [3.8, 4) is 0 Å². The number of benzene rings is 1. The van der Waals surface area contributed by atoms with Crippen LogP contribution in [0.4, 0.5) is 0 Å². The molecule has 1 aliphatic carbocycles. The molecule has 1 atom stereocenters. The minimum absolute atomic E-state index is 0.0426. The maximum absolute atomic E-state index is 12.4. The Labute approximate surface area is 184 Å². The quantitative estimate of drug-likeness (QED) is 0.622. The Morgan fingerprint density at radius 1 is 1.10 bits per heavy atom. The molecule has 4 aliphatic rings. The van der Waals surface area contributed by atoms with Crippen molar-refractivity contribution in [3.05, 3.63) is 58.7 Å². The molecular formula is C24H33N5O2. The maximum atomic E-state index is 12.4. The fourth-order valence-corrected chi connectivity index (χ4v) is 4.84. The number of hydrogen-bond acceptors (Lipinski definition) is 6. The average Bonchev–Trinajstić information content (AvgIpc) is 3.21. The minimum Gasteiger partial charge on any atom is -0.384 e. The molecule has 166 valence electrons. The van der Waals surface area contributed by atoms with Crippen LogP contribution in [0.1, 0.15) is 43.2 Å². The molecule has 1 aromatic rings. The van der Waals surface area contributed by atoms with E-state index in [1.807, 2.05) is 0 Å². The van der Waals surface area contributed by atoms with Crippen LogP contribution in [0, 0.1) is 5.92 Å². The zero-order valence-electron chi connectivity index (χ0n) is 18.1. The number of hydrogen-bond donors (Lipinski definition) is 3. The van der Waals surface area contributed by atoms with Gasteiger partial charge in [0.1, 0.15) is 11.5 Å². The molecule has 5 rings (SSSR count). The molecule has 1 aromatic carbocycles. The van der Waals surface area contributed by atoms with Crippen LogP contribution in [0.2, 0.25) is 0 Å². The standard InChI is InChI=1S/C24H33N5O2/c25-24-23-20(12-22(27-24)31-16-17-5-3-6-17)29(15-21(30)26-23)14-19-8-4-7-18(11-19)13-28-9-1-2-10-28/h4,7-8,11-12,17,22,27H,1-3,5-6,9-10,13-16,25H2,(H,26,30). The summed E-state index contributed by atoms with van der Waals surface area (Å²) in [5, 5.41) is 6.12. The molecule has 7 heteroatoms. The molecule has 0 spiro atoms. The second kappa shape index (κ2) is 8.93. The summed E-state index contributed by atoms with van der Waals surface area (Å²) in [7, 11) is 0. The lowest BCUT2D eigenvalue weighted by Crippen LogP contribution is -2.50. The number of rotatable bonds is 7. The van der Waals surface area contributed by atoms with Gasteiger partial charge in [-0.1, -0.05) is 30.7 Å². The van der Waals surface area contributed by atoms with Gasteiger partial charge >= 0.3 is 0 Å². The number of fused-ring (bicyclic) bond motifs is 1. The number of piperazine rings is 1. The van der Waals surface area contributed by atoms with Crippen LogP contribution in [-0.4, -0.2) is 48.2 Å². The van der Waals surface area contributed by atoms with Crippen molar-refractivity contribution >= 4 is 5.91 Å². The minimum atomic E-state index is -0.265. The average molecular weight is 424 g/mol. The highest BCUT2D eigenvalue weighted by Crippen LogP contribution is 2.29. The van der Waals surface area contributed by atoms with E-state index in [2.05, 4.69) is 50.8 Å². The molecule has 3 heterocycles. The Morgan fingerprint density at radius 3 is 2.61 bits per heavy atom. The van der Waals surface area contributed by atoms with E-state index in [1.54, 1.807) is 0 Å². The number of carbonyl (C=O) groups is 1. The lowest BCUT2D eigenvalue weighted by Gasteiger charge is -2.38. The van der Waals surface area contributed by atoms with Crippen LogP contribution in [0.3, 0.4) is 0 Å². The number of dihydropyridines is 1. The van der Waals surface area contributed by atoms with E-state index < -0.39 is 0 Å². The summed E-state index contributed by atoms with van der Waals surface area (Å²) in [4.78, 5) is 17.0. The molecule has 1 unspecified atom stereocenters. The van der Waals surface area contributed by atoms with Crippen LogP contribution >= 0.6 is 0 Å². The fourth-order valence-electron chi connectivity index (χ4n) is 4.84. The Hall–Kier alpha value is -2.51. The van der Waals surface area contributed by atoms with E-state index in [-0.39, 0.29) is 12.1 Å². The highest BCUT2D eigenvalue weighted by Gasteiger charge is 2.32. The molecule has 2 saturated heterocycles. The second-order valence-electron chi connectivity index (χ2n) is 9.24. The molecule has 3 aliphatic heterocycles. The SMILES string of the molecule is NC1=C2NC(=O)CN(Cc3cccc(CN4CCCC4)c3)C2=CC(OCC2CCC2)N1. The topological polar surface area (TPSA) is 82.9 Å². The van der Waals surface area contributed by atoms with Gasteiger partial charge < -0.3 is 26.0 Å². The number of amides is 1. The summed E-state index contributed by atoms with van der Waals surface area (Å²) in [5.41, 5.74) is 10.4. The first-order valence-corrected chi connectivity index (χ1v) is 11.6. The molecule has 0 bridgehead atoms. The number of carbonyl (C=O) groups excluding carboxylic acids is 1. The number of likely N-dealkylation sites (tertiary alicyclic amines) is 1. The van der Waals surface area contributed by atoms with Crippen molar-refractivity contribution in [3.63, 3.8) is 0 Å². The maximum Gasteiger partial charge on any atom is 0.244 e. The normalized spacial score (nSPS) is 24.4. The molecule has 0 radical (unpaired) electrons. The summed E-state index contributed by atoms with van der Waals surface area (Å²) in [6, 6.07) is 8.72. The number of ether oxygens (including phenoxy) is 1. The van der Waals surface area contributed by atoms with E-state index in [1.165, 1.54) is 56.3 Å². The number of nitrogens with zero attached hydrogens (tertiary/aromatic N) is 2. The molecule has 31 heavy (non-hydrogen) atoms. The Morgan fingerprint density at radius 2 is 1.87 bits per heavy atom. The van der Waals surface area contributed by atoms with Crippen LogP contribution in [-0.2, 0) is 22.6 Å². The Kier molecular flexibility index (Phi) is 5.87. The fraction of sp³-hybridized carbons (Fsp3) is 0.542. The van der Waals surface area contributed by atoms with Gasteiger partial charge in [-0.2, -0.15) is 0 Å². The van der Waals surface area contributed by atoms with Gasteiger partial charge in [-0.05, 0) is 61.9 Å². The zero-order valence-corrected chi connectivity index (χ0v) is 18.1. The van der Waals surface area contributed by atoms with E-state index in [4.69, 9.17) is 10.5 Å². The summed E-state index contributed by atoms with van der Waals surface area (Å²) < 4.78 is 6.08. The van der Waals surface area contributed by atoms with Crippen LogP contribution < -0.4 is 16.4 Å². The molecular weight excluding hydrogens is 390 g/mol. The molecule has 7 nitrogen and oxygen atoms in total. The van der Waals surface area contributed by atoms with Crippen molar-refractivity contribution in [1.29, 1.82) is 0 Å². The second-order valence-corrected chi connectivity index (χ2v) is 9.24. The van der Waals surface area contributed by atoms with Gasteiger partial charge in [0.15, 0.2) is 6.23 Å². The van der Waals surface area contributed by atoms with Gasteiger partial charge in [0.2, 0.25) is 5.91 Å². The molecule has 4 N–H and O–H groups in total. The smallest absolute Gasteiger partial charge is 0.244 e. The third-order valence-corrected chi connectivity index (χ3v) is 6.78. The Bertz CT molecular complexity index is 886. The van der Waals surface area contributed by atoms with Crippen LogP contribution in [0.5, 0.6) is 0 Å². The summed E-state index contributed by atoms with van der Waals surface area (Å²) in [6.07, 6.45) is 8.18. The first-order chi connectivity index (χ1) is 15.1. The van der Waals surface area contributed by atoms with Crippen LogP contribution in [0.15, 0.2) is 47.6 Å². The predicted molar refractivity (Wildman–Crippen MR) is 119 cm³/mol. The lowest BCUT2D eigenvalue weighted by atomic mass is 9.86. The first-order valence-electron chi connectivity index (χ1n) is 11.6. The van der Waals surface area contributed by atoms with Crippen molar-refractivity contribution in [2.45, 2.75) is 51.4 Å². The highest BCUT2D eigenvalue weighted by molar-refractivity contribution is 5.83. The monoisotopic (exact) mass is 423 g/mol. The van der Waals surface area contributed by atoms with Crippen LogP contribution in [0.25, 0.3) is 0 Å². The number of nitrogens with two attached hydrogens (primary N) is 1. The molecule has 1 amide bonds. The van der Waals surface area contributed by atoms with E-state index in [9.17, 15) is 4.79 Å². The molecule has 1 saturated carbocycles.